The van der Waals surface area contributed by atoms with Crippen molar-refractivity contribution in [2.24, 2.45) is 5.41 Å². The molecule has 0 saturated heterocycles. The molecule has 0 aromatic heterocycles. The van der Waals surface area contributed by atoms with E-state index >= 15 is 0 Å². The molecule has 1 N–H and O–H groups in total. The molecule has 2 heteroatoms. The van der Waals surface area contributed by atoms with E-state index in [4.69, 9.17) is 0 Å². The highest BCUT2D eigenvalue weighted by molar-refractivity contribution is 7.41. The van der Waals surface area contributed by atoms with Crippen molar-refractivity contribution in [1.82, 2.24) is 0 Å². The van der Waals surface area contributed by atoms with Crippen molar-refractivity contribution in [2.75, 3.05) is 0 Å². The van der Waals surface area contributed by atoms with Gasteiger partial charge in [0.15, 0.2) is 0 Å². The van der Waals surface area contributed by atoms with Crippen LogP contribution in [0.3, 0.4) is 0 Å². The second-order valence-corrected chi connectivity index (χ2v) is 7.99. The molecule has 104 valence electrons. The Hall–Kier alpha value is -0.650. The Morgan fingerprint density at radius 2 is 1.74 bits per heavy atom. The van der Waals surface area contributed by atoms with Crippen molar-refractivity contribution in [3.8, 4) is 0 Å². The third kappa shape index (κ3) is 3.91. The van der Waals surface area contributed by atoms with Gasteiger partial charge < -0.3 is 5.11 Å². The molecule has 0 radical (unpaired) electrons. The van der Waals surface area contributed by atoms with E-state index in [0.717, 1.165) is 11.2 Å². The maximum absolute atomic E-state index is 10.7. The molecule has 0 amide bonds. The van der Waals surface area contributed by atoms with E-state index in [1.807, 2.05) is 30.3 Å². The topological polar surface area (TPSA) is 20.2 Å². The largest absolute Gasteiger partial charge is 0.384 e. The van der Waals surface area contributed by atoms with Gasteiger partial charge in [-0.1, -0.05) is 72.1 Å². The first kappa shape index (κ1) is 14.8. The maximum atomic E-state index is 10.7. The Kier molecular flexibility index (Phi) is 4.81. The van der Waals surface area contributed by atoms with Gasteiger partial charge in [-0.25, -0.2) is 0 Å². The van der Waals surface area contributed by atoms with Crippen molar-refractivity contribution >= 4 is 13.5 Å². The van der Waals surface area contributed by atoms with E-state index in [1.54, 1.807) is 0 Å². The van der Waals surface area contributed by atoms with Crippen LogP contribution in [0.15, 0.2) is 30.3 Å². The fraction of sp³-hybridized carbons (Fsp3) is 0.588. The second-order valence-electron chi connectivity index (χ2n) is 6.52. The van der Waals surface area contributed by atoms with Gasteiger partial charge in [0.2, 0.25) is 0 Å². The number of hydrogen-bond donors (Lipinski definition) is 1. The number of rotatable bonds is 3. The molecule has 0 spiro atoms. The Balaban J connectivity index is 2.27. The quantitative estimate of drug-likeness (QED) is 0.784. The van der Waals surface area contributed by atoms with Crippen LogP contribution in [0, 0.1) is 5.41 Å². The van der Waals surface area contributed by atoms with Crippen LogP contribution in [0.1, 0.15) is 58.1 Å². The van der Waals surface area contributed by atoms with Gasteiger partial charge in [-0.15, -0.1) is 0 Å². The number of aliphatic hydroxyl groups is 1. The summed E-state index contributed by atoms with van der Waals surface area (Å²) in [6, 6.07) is 10.1. The summed E-state index contributed by atoms with van der Waals surface area (Å²) in [5.74, 6) is 0. The highest BCUT2D eigenvalue weighted by Gasteiger charge is 2.27. The standard InChI is InChI=1S/C17H25OP/c1-17(2,3)16(19-14-11-7-8-12-14)15(18)13-9-5-4-6-10-13/h4-6,9-10,14-15,18H,7-8,11-12H2,1-3H3/t15-/m1/s1. The first-order valence-electron chi connectivity index (χ1n) is 7.29. The number of hydrogen-bond acceptors (Lipinski definition) is 1. The van der Waals surface area contributed by atoms with Gasteiger partial charge in [-0.05, 0) is 29.1 Å². The van der Waals surface area contributed by atoms with Crippen molar-refractivity contribution in [2.45, 2.75) is 58.2 Å². The highest BCUT2D eigenvalue weighted by atomic mass is 31.1. The minimum Gasteiger partial charge on any atom is -0.384 e. The van der Waals surface area contributed by atoms with E-state index in [9.17, 15) is 5.11 Å². The highest BCUT2D eigenvalue weighted by Crippen LogP contribution is 2.37. The fourth-order valence-electron chi connectivity index (χ4n) is 2.70. The van der Waals surface area contributed by atoms with Crippen LogP contribution in [0.2, 0.25) is 0 Å². The van der Waals surface area contributed by atoms with E-state index < -0.39 is 6.10 Å². The van der Waals surface area contributed by atoms with Crippen molar-refractivity contribution < 1.29 is 5.11 Å². The molecule has 0 bridgehead atoms. The van der Waals surface area contributed by atoms with Gasteiger partial charge in [0.1, 0.15) is 6.10 Å². The lowest BCUT2D eigenvalue weighted by molar-refractivity contribution is 0.238. The lowest BCUT2D eigenvalue weighted by Gasteiger charge is -2.28. The summed E-state index contributed by atoms with van der Waals surface area (Å²) in [4.78, 5) is 0. The van der Waals surface area contributed by atoms with Crippen molar-refractivity contribution in [3.05, 3.63) is 35.9 Å². The predicted molar refractivity (Wildman–Crippen MR) is 85.0 cm³/mol. The Morgan fingerprint density at radius 3 is 2.26 bits per heavy atom. The molecule has 0 unspecified atom stereocenters. The van der Waals surface area contributed by atoms with Gasteiger partial charge in [0.25, 0.3) is 0 Å². The molecule has 1 aromatic carbocycles. The van der Waals surface area contributed by atoms with Gasteiger partial charge in [0.05, 0.1) is 0 Å². The van der Waals surface area contributed by atoms with E-state index in [1.165, 1.54) is 39.2 Å². The van der Waals surface area contributed by atoms with Crippen LogP contribution in [0.25, 0.3) is 0 Å². The monoisotopic (exact) mass is 276 g/mol. The Bertz CT molecular complexity index is 424. The second kappa shape index (κ2) is 6.20. The molecule has 1 saturated carbocycles. The summed E-state index contributed by atoms with van der Waals surface area (Å²) < 4.78 is 0. The Morgan fingerprint density at radius 1 is 1.16 bits per heavy atom. The predicted octanol–water partition coefficient (Wildman–Crippen LogP) is 4.83. The summed E-state index contributed by atoms with van der Waals surface area (Å²) in [5, 5.41) is 12.0. The fourth-order valence-corrected chi connectivity index (χ4v) is 4.39. The molecule has 1 nitrogen and oxygen atoms in total. The average molecular weight is 276 g/mol. The molecule has 1 fully saturated rings. The summed E-state index contributed by atoms with van der Waals surface area (Å²) in [5.41, 5.74) is 1.84. The molecular formula is C17H25OP. The van der Waals surface area contributed by atoms with Gasteiger partial charge in [0, 0.05) is 5.66 Å². The summed E-state index contributed by atoms with van der Waals surface area (Å²) in [6.45, 7) is 6.66. The van der Waals surface area contributed by atoms with E-state index in [-0.39, 0.29) is 5.41 Å². The number of aliphatic hydroxyl groups excluding tert-OH is 1. The molecule has 0 heterocycles. The van der Waals surface area contributed by atoms with Crippen LogP contribution >= 0.6 is 8.20 Å². The van der Waals surface area contributed by atoms with Crippen LogP contribution in [0.4, 0.5) is 0 Å². The third-order valence-corrected chi connectivity index (χ3v) is 5.86. The molecule has 1 aliphatic carbocycles. The Labute approximate surface area is 118 Å². The zero-order chi connectivity index (χ0) is 13.9. The number of benzene rings is 1. The van der Waals surface area contributed by atoms with E-state index in [2.05, 4.69) is 20.8 Å². The minimum atomic E-state index is -0.427. The van der Waals surface area contributed by atoms with Crippen LogP contribution in [-0.2, 0) is 0 Å². The summed E-state index contributed by atoms with van der Waals surface area (Å²) >= 11 is 0. The molecule has 0 aliphatic heterocycles. The van der Waals surface area contributed by atoms with Gasteiger partial charge in [-0.3, -0.25) is 0 Å². The maximum Gasteiger partial charge on any atom is 0.105 e. The average Bonchev–Trinajstić information content (AvgIpc) is 2.88. The zero-order valence-corrected chi connectivity index (χ0v) is 13.2. The first-order chi connectivity index (χ1) is 8.98. The normalized spacial score (nSPS) is 19.7. The van der Waals surface area contributed by atoms with Crippen molar-refractivity contribution in [3.63, 3.8) is 0 Å². The van der Waals surface area contributed by atoms with Gasteiger partial charge in [-0.2, -0.15) is 0 Å². The molecular weight excluding hydrogens is 251 g/mol. The smallest absolute Gasteiger partial charge is 0.105 e. The molecule has 1 atom stereocenters. The molecule has 1 aromatic rings. The summed E-state index contributed by atoms with van der Waals surface area (Å²) in [6.07, 6.45) is 4.93. The van der Waals surface area contributed by atoms with Crippen molar-refractivity contribution in [1.29, 1.82) is 0 Å². The lowest BCUT2D eigenvalue weighted by Crippen LogP contribution is -2.26. The van der Waals surface area contributed by atoms with Crippen LogP contribution in [0.5, 0.6) is 0 Å². The minimum absolute atomic E-state index is 0.0550. The molecule has 19 heavy (non-hydrogen) atoms. The molecule has 2 rings (SSSR count). The lowest BCUT2D eigenvalue weighted by atomic mass is 9.86. The van der Waals surface area contributed by atoms with Crippen LogP contribution in [-0.4, -0.2) is 16.1 Å². The first-order valence-corrected chi connectivity index (χ1v) is 8.26. The van der Waals surface area contributed by atoms with Crippen LogP contribution < -0.4 is 0 Å². The van der Waals surface area contributed by atoms with E-state index in [0.29, 0.717) is 0 Å². The SMILES string of the molecule is CC(C)(C)C(=PC1CCCC1)[C@H](O)c1ccccc1. The third-order valence-electron chi connectivity index (χ3n) is 3.79. The summed E-state index contributed by atoms with van der Waals surface area (Å²) in [7, 11) is 1.36. The zero-order valence-electron chi connectivity index (χ0n) is 12.3. The molecule has 1 aliphatic rings. The van der Waals surface area contributed by atoms with Gasteiger partial charge >= 0.3 is 0 Å².